The molecule has 0 aliphatic carbocycles. The minimum absolute atomic E-state index is 0.0672. The molecule has 2 atom stereocenters. The van der Waals surface area contributed by atoms with Gasteiger partial charge in [-0.2, -0.15) is 5.01 Å². The van der Waals surface area contributed by atoms with E-state index in [9.17, 15) is 9.70 Å². The molecule has 1 fully saturated rings. The third-order valence-electron chi connectivity index (χ3n) is 9.74. The normalized spacial score (nSPS) is 20.2. The quantitative estimate of drug-likeness (QED) is 0.162. The number of nitroso groups, excluding NO2 is 1. The maximum absolute atomic E-state index is 12.6. The molecule has 6 rings (SSSR count). The number of aromatic nitrogens is 2. The summed E-state index contributed by atoms with van der Waals surface area (Å²) in [6.45, 7) is 17.4. The van der Waals surface area contributed by atoms with Crippen LogP contribution < -0.4 is 15.4 Å². The molecule has 1 amide bonds. The lowest BCUT2D eigenvalue weighted by Crippen LogP contribution is -2.50. The molecule has 0 saturated carbocycles. The number of hydrogen-bond donors (Lipinski definition) is 2. The van der Waals surface area contributed by atoms with Gasteiger partial charge in [-0.15, -0.1) is 4.91 Å². The van der Waals surface area contributed by atoms with E-state index in [2.05, 4.69) is 46.6 Å². The predicted octanol–water partition coefficient (Wildman–Crippen LogP) is 7.26. The van der Waals surface area contributed by atoms with E-state index in [-0.39, 0.29) is 11.3 Å². The van der Waals surface area contributed by atoms with E-state index >= 15 is 0 Å². The van der Waals surface area contributed by atoms with Crippen molar-refractivity contribution >= 4 is 34.9 Å². The van der Waals surface area contributed by atoms with E-state index in [0.29, 0.717) is 46.9 Å². The van der Waals surface area contributed by atoms with Crippen LogP contribution in [0.4, 0.5) is 0 Å². The van der Waals surface area contributed by atoms with Gasteiger partial charge in [0.25, 0.3) is 0 Å². The summed E-state index contributed by atoms with van der Waals surface area (Å²) in [6.07, 6.45) is 3.45. The lowest BCUT2D eigenvalue weighted by Gasteiger charge is -2.42. The van der Waals surface area contributed by atoms with Crippen molar-refractivity contribution in [2.24, 2.45) is 10.3 Å². The molecule has 2 aromatic heterocycles. The molecule has 4 heterocycles. The molecule has 2 aliphatic heterocycles. The van der Waals surface area contributed by atoms with Gasteiger partial charge in [0.15, 0.2) is 5.84 Å². The van der Waals surface area contributed by atoms with E-state index in [1.807, 2.05) is 81.4 Å². The number of amides is 1. The first-order chi connectivity index (χ1) is 25.3. The van der Waals surface area contributed by atoms with Crippen molar-refractivity contribution in [2.75, 3.05) is 39.3 Å². The number of carbonyl (C=O) groups is 1. The molecule has 53 heavy (non-hydrogen) atoms. The monoisotopic (exact) mass is 758 g/mol. The molecule has 11 nitrogen and oxygen atoms in total. The summed E-state index contributed by atoms with van der Waals surface area (Å²) in [4.78, 5) is 40.5. The Labute approximate surface area is 322 Å². The van der Waals surface area contributed by atoms with Crippen LogP contribution in [0.15, 0.2) is 95.5 Å². The number of rotatable bonds is 10. The van der Waals surface area contributed by atoms with Crippen molar-refractivity contribution in [3.8, 4) is 5.75 Å². The van der Waals surface area contributed by atoms with Gasteiger partial charge in [-0.1, -0.05) is 74.3 Å². The zero-order valence-corrected chi connectivity index (χ0v) is 32.7. The number of ether oxygens (including phenoxy) is 1. The Bertz CT molecular complexity index is 1880. The maximum atomic E-state index is 12.6. The second kappa shape index (κ2) is 17.2. The topological polar surface area (TPSA) is 124 Å². The van der Waals surface area contributed by atoms with Crippen LogP contribution in [0.5, 0.6) is 5.75 Å². The number of amidine groups is 1. The number of aliphatic imine (C=N–C) groups is 1. The fourth-order valence-electron chi connectivity index (χ4n) is 6.49. The molecule has 0 radical (unpaired) electrons. The fourth-order valence-corrected chi connectivity index (χ4v) is 6.74. The molecule has 2 N–H and O–H groups in total. The van der Waals surface area contributed by atoms with Gasteiger partial charge >= 0.3 is 0 Å². The molecular weight excluding hydrogens is 711 g/mol. The smallest absolute Gasteiger partial charge is 0.234 e. The molecule has 0 spiro atoms. The molecule has 0 bridgehead atoms. The number of pyridine rings is 2. The van der Waals surface area contributed by atoms with Crippen LogP contribution in [0.2, 0.25) is 10.0 Å². The third-order valence-corrected chi connectivity index (χ3v) is 10.2. The summed E-state index contributed by atoms with van der Waals surface area (Å²) in [5, 5.41) is 12.3. The van der Waals surface area contributed by atoms with Gasteiger partial charge in [-0.3, -0.25) is 24.7 Å². The fraction of sp³-hybridized carbons (Fsp3) is 0.400. The summed E-state index contributed by atoms with van der Waals surface area (Å²) in [5.74, 6) is 1.05. The molecule has 2 aromatic carbocycles. The van der Waals surface area contributed by atoms with Gasteiger partial charge in [0, 0.05) is 65.8 Å². The number of carbonyl (C=O) groups excluding carboxylic acids is 1. The number of benzene rings is 2. The van der Waals surface area contributed by atoms with Crippen molar-refractivity contribution in [3.05, 3.63) is 128 Å². The summed E-state index contributed by atoms with van der Waals surface area (Å²) in [5.41, 5.74) is 1.99. The number of piperazine rings is 1. The highest BCUT2D eigenvalue weighted by Crippen LogP contribution is 2.53. The van der Waals surface area contributed by atoms with Crippen LogP contribution in [0, 0.1) is 4.91 Å². The Kier molecular flexibility index (Phi) is 12.9. The Morgan fingerprint density at radius 3 is 2.17 bits per heavy atom. The van der Waals surface area contributed by atoms with Crippen LogP contribution in [0.25, 0.3) is 0 Å². The van der Waals surface area contributed by atoms with Gasteiger partial charge in [-0.25, -0.2) is 0 Å². The zero-order valence-electron chi connectivity index (χ0n) is 31.2. The van der Waals surface area contributed by atoms with Gasteiger partial charge in [0.1, 0.15) is 16.8 Å². The number of nitrogens with zero attached hydrogens (tertiary/aromatic N) is 6. The lowest BCUT2D eigenvalue weighted by molar-refractivity contribution is -0.122. The highest BCUT2D eigenvalue weighted by molar-refractivity contribution is 6.30. The second-order valence-corrected chi connectivity index (χ2v) is 15.2. The van der Waals surface area contributed by atoms with Crippen molar-refractivity contribution in [2.45, 2.75) is 64.6 Å². The van der Waals surface area contributed by atoms with Crippen molar-refractivity contribution in [1.82, 2.24) is 30.5 Å². The zero-order chi connectivity index (χ0) is 38.2. The Morgan fingerprint density at radius 1 is 0.962 bits per heavy atom. The molecular formula is C40H48Cl2N8O3. The van der Waals surface area contributed by atoms with E-state index < -0.39 is 11.1 Å². The van der Waals surface area contributed by atoms with Crippen molar-refractivity contribution in [1.29, 1.82) is 0 Å². The molecule has 2 aliphatic rings. The average molecular weight is 760 g/mol. The van der Waals surface area contributed by atoms with Gasteiger partial charge in [-0.05, 0) is 68.3 Å². The predicted molar refractivity (Wildman–Crippen MR) is 211 cm³/mol. The summed E-state index contributed by atoms with van der Waals surface area (Å²) in [7, 11) is 0. The van der Waals surface area contributed by atoms with Crippen molar-refractivity contribution < 1.29 is 9.53 Å². The molecule has 2 unspecified atom stereocenters. The number of halogens is 2. The van der Waals surface area contributed by atoms with Crippen molar-refractivity contribution in [3.63, 3.8) is 0 Å². The van der Waals surface area contributed by atoms with Crippen LogP contribution in [-0.2, 0) is 27.8 Å². The summed E-state index contributed by atoms with van der Waals surface area (Å²) >= 11 is 12.4. The van der Waals surface area contributed by atoms with Crippen LogP contribution in [-0.4, -0.2) is 71.0 Å². The SMILES string of the molecule is CCOc1cc(C(C)(C)C)ncc1C1=NC(C)(c2ccc(Cl)cc2)C(C)(c2ccc(Cl)cc2)N1N=O.O=C(CN1CCNCC1)NCc1ccccn1. The first-order valence-electron chi connectivity index (χ1n) is 17.8. The Morgan fingerprint density at radius 2 is 1.60 bits per heavy atom. The van der Waals surface area contributed by atoms with E-state index in [4.69, 9.17) is 37.9 Å². The highest BCUT2D eigenvalue weighted by Gasteiger charge is 2.59. The van der Waals surface area contributed by atoms with Gasteiger partial charge in [0.05, 0.1) is 36.2 Å². The average Bonchev–Trinajstić information content (AvgIpc) is 3.39. The minimum Gasteiger partial charge on any atom is -0.493 e. The standard InChI is InChI=1S/C28H30Cl2N4O2.C12H18N4O/c1-7-36-23-16-24(26(2,3)4)31-17-22(23)25-32-27(5,18-8-12-20(29)13-9-18)28(6,34(25)33-35)19-10-14-21(30)15-11-19;17-12(10-16-7-5-13-6-8-16)15-9-11-3-1-2-4-14-11/h8-17H,7H2,1-6H3;1-4,13H,5-10H2,(H,15,17). The summed E-state index contributed by atoms with van der Waals surface area (Å²) in [6, 6.07) is 22.5. The van der Waals surface area contributed by atoms with E-state index in [0.717, 1.165) is 48.7 Å². The first-order valence-corrected chi connectivity index (χ1v) is 18.5. The molecule has 280 valence electrons. The maximum Gasteiger partial charge on any atom is 0.234 e. The van der Waals surface area contributed by atoms with Gasteiger partial charge in [0.2, 0.25) is 5.91 Å². The van der Waals surface area contributed by atoms with E-state index in [1.165, 1.54) is 5.01 Å². The number of hydrogen-bond acceptors (Lipinski definition) is 9. The first kappa shape index (κ1) is 39.8. The lowest BCUT2D eigenvalue weighted by atomic mass is 9.71. The Hall–Kier alpha value is -4.42. The molecule has 1 saturated heterocycles. The van der Waals surface area contributed by atoms with Crippen LogP contribution in [0.1, 0.15) is 69.6 Å². The highest BCUT2D eigenvalue weighted by atomic mass is 35.5. The van der Waals surface area contributed by atoms with Crippen LogP contribution in [0.3, 0.4) is 0 Å². The largest absolute Gasteiger partial charge is 0.493 e. The third kappa shape index (κ3) is 9.04. The van der Waals surface area contributed by atoms with Gasteiger partial charge < -0.3 is 15.4 Å². The van der Waals surface area contributed by atoms with Crippen LogP contribution >= 0.6 is 23.2 Å². The Balaban J connectivity index is 0.000000265. The number of nitrogens with one attached hydrogen (secondary N) is 2. The molecule has 13 heteroatoms. The van der Waals surface area contributed by atoms with E-state index in [1.54, 1.807) is 24.5 Å². The summed E-state index contributed by atoms with van der Waals surface area (Å²) < 4.78 is 6.03. The second-order valence-electron chi connectivity index (χ2n) is 14.4. The minimum atomic E-state index is -0.991. The molecule has 4 aromatic rings.